The molecule has 0 radical (unpaired) electrons. The molecule has 218 valence electrons. The van der Waals surface area contributed by atoms with Crippen molar-refractivity contribution in [3.63, 3.8) is 0 Å². The second-order valence-corrected chi connectivity index (χ2v) is 8.99. The molecule has 0 aliphatic carbocycles. The number of rotatable bonds is 6. The first-order valence-electron chi connectivity index (χ1n) is 11.7. The predicted molar refractivity (Wildman–Crippen MR) is 127 cm³/mol. The van der Waals surface area contributed by atoms with Gasteiger partial charge in [-0.05, 0) is 29.0 Å². The van der Waals surface area contributed by atoms with Crippen LogP contribution in [0, 0.1) is 0 Å². The van der Waals surface area contributed by atoms with Gasteiger partial charge in [-0.15, -0.1) is 0 Å². The van der Waals surface area contributed by atoms with Crippen molar-refractivity contribution >= 4 is 28.3 Å². The second kappa shape index (κ2) is 10.6. The number of nitrogens with zero attached hydrogens (tertiary/aromatic N) is 1. The van der Waals surface area contributed by atoms with Crippen LogP contribution in [0.2, 0.25) is 0 Å². The average Bonchev–Trinajstić information content (AvgIpc) is 3.36. The monoisotopic (exact) mass is 591 g/mol. The van der Waals surface area contributed by atoms with Crippen LogP contribution in [0.5, 0.6) is 0 Å². The van der Waals surface area contributed by atoms with Crippen molar-refractivity contribution in [2.45, 2.75) is 30.6 Å². The van der Waals surface area contributed by atoms with Gasteiger partial charge in [0.15, 0.2) is 0 Å². The zero-order chi connectivity index (χ0) is 30.2. The van der Waals surface area contributed by atoms with Crippen molar-refractivity contribution in [3.05, 3.63) is 82.9 Å². The molecular weight excluding hydrogens is 573 g/mol. The number of carbonyl (C=O) groups is 2. The number of hydrogen-bond acceptors (Lipinski definition) is 4. The topological polar surface area (TPSA) is 79.8 Å². The van der Waals surface area contributed by atoms with Crippen molar-refractivity contribution in [3.8, 4) is 0 Å². The summed E-state index contributed by atoms with van der Waals surface area (Å²) in [6.45, 7) is -2.37. The Kier molecular flexibility index (Phi) is 7.67. The van der Waals surface area contributed by atoms with Gasteiger partial charge < -0.3 is 15.5 Å². The summed E-state index contributed by atoms with van der Waals surface area (Å²) >= 11 is 0. The van der Waals surface area contributed by atoms with Gasteiger partial charge >= 0.3 is 18.5 Å². The van der Waals surface area contributed by atoms with Crippen LogP contribution in [0.4, 0.5) is 39.5 Å². The number of fused-ring (bicyclic) bond motifs is 1. The summed E-state index contributed by atoms with van der Waals surface area (Å²) in [6.07, 6.45) is -15.7. The van der Waals surface area contributed by atoms with E-state index in [0.717, 1.165) is 12.1 Å². The molecule has 41 heavy (non-hydrogen) atoms. The molecule has 1 heterocycles. The van der Waals surface area contributed by atoms with E-state index in [0.29, 0.717) is 12.1 Å². The van der Waals surface area contributed by atoms with E-state index in [-0.39, 0.29) is 27.6 Å². The standard InChI is InChI=1S/C26H18F9N3O3/c27-24(28,29)13-37-21(39)12-36-22(40)19-9-8-18(16-6-1-2-7-17(16)19)20-11-23(41-38-20,26(33,34)35)14-4-3-5-15(10-14)25(30,31)32/h1-10H,11-13H2,(H,36,40)(H,37,39). The van der Waals surface area contributed by atoms with Gasteiger partial charge in [-0.1, -0.05) is 47.6 Å². The average molecular weight is 591 g/mol. The van der Waals surface area contributed by atoms with Crippen LogP contribution in [0.1, 0.15) is 33.5 Å². The van der Waals surface area contributed by atoms with Gasteiger partial charge in [0.25, 0.3) is 11.5 Å². The number of amides is 2. The number of nitrogens with one attached hydrogen (secondary N) is 2. The van der Waals surface area contributed by atoms with E-state index in [1.807, 2.05) is 0 Å². The first-order chi connectivity index (χ1) is 19.0. The van der Waals surface area contributed by atoms with Crippen LogP contribution in [0.25, 0.3) is 10.8 Å². The van der Waals surface area contributed by atoms with E-state index in [9.17, 15) is 49.1 Å². The van der Waals surface area contributed by atoms with Crippen molar-refractivity contribution in [2.24, 2.45) is 5.16 Å². The Labute approximate surface area is 225 Å². The molecule has 0 fully saturated rings. The SMILES string of the molecule is O=C(CNC(=O)c1ccc(C2=NOC(c3cccc(C(F)(F)F)c3)(C(F)(F)F)C2)c2ccccc12)NCC(F)(F)F. The summed E-state index contributed by atoms with van der Waals surface area (Å²) in [6, 6.07) is 11.0. The van der Waals surface area contributed by atoms with Gasteiger partial charge in [-0.25, -0.2) is 0 Å². The Balaban J connectivity index is 1.63. The molecule has 1 atom stereocenters. The van der Waals surface area contributed by atoms with Gasteiger partial charge in [0, 0.05) is 23.1 Å². The molecule has 4 rings (SSSR count). The number of alkyl halides is 9. The highest BCUT2D eigenvalue weighted by atomic mass is 19.4. The van der Waals surface area contributed by atoms with Gasteiger partial charge in [0.2, 0.25) is 5.91 Å². The zero-order valence-corrected chi connectivity index (χ0v) is 20.5. The predicted octanol–water partition coefficient (Wildman–Crippen LogP) is 5.85. The molecule has 6 nitrogen and oxygen atoms in total. The molecule has 3 aromatic rings. The minimum absolute atomic E-state index is 0.0487. The van der Waals surface area contributed by atoms with E-state index in [2.05, 4.69) is 10.5 Å². The summed E-state index contributed by atoms with van der Waals surface area (Å²) in [5.41, 5.74) is -5.53. The van der Waals surface area contributed by atoms with Crippen molar-refractivity contribution in [1.29, 1.82) is 0 Å². The Morgan fingerprint density at radius 3 is 2.17 bits per heavy atom. The van der Waals surface area contributed by atoms with Gasteiger partial charge in [-0.2, -0.15) is 39.5 Å². The molecule has 0 saturated heterocycles. The summed E-state index contributed by atoms with van der Waals surface area (Å²) in [4.78, 5) is 29.2. The lowest BCUT2D eigenvalue weighted by Gasteiger charge is -2.30. The molecule has 1 aliphatic heterocycles. The Bertz CT molecular complexity index is 1510. The van der Waals surface area contributed by atoms with E-state index in [1.54, 1.807) is 5.32 Å². The molecule has 0 aromatic heterocycles. The highest BCUT2D eigenvalue weighted by Crippen LogP contribution is 2.50. The van der Waals surface area contributed by atoms with Crippen LogP contribution < -0.4 is 10.6 Å². The Morgan fingerprint density at radius 1 is 0.854 bits per heavy atom. The maximum Gasteiger partial charge on any atom is 0.435 e. The van der Waals surface area contributed by atoms with E-state index < -0.39 is 66.6 Å². The molecule has 2 N–H and O–H groups in total. The van der Waals surface area contributed by atoms with Crippen molar-refractivity contribution in [2.75, 3.05) is 13.1 Å². The number of benzene rings is 3. The number of oxime groups is 1. The molecule has 1 aliphatic rings. The van der Waals surface area contributed by atoms with Gasteiger partial charge in [-0.3, -0.25) is 9.59 Å². The lowest BCUT2D eigenvalue weighted by atomic mass is 9.84. The fraction of sp³-hybridized carbons (Fsp3) is 0.269. The molecule has 1 unspecified atom stereocenters. The maximum absolute atomic E-state index is 14.3. The molecule has 15 heteroatoms. The molecule has 0 bridgehead atoms. The summed E-state index contributed by atoms with van der Waals surface area (Å²) in [5.74, 6) is -1.96. The fourth-order valence-corrected chi connectivity index (χ4v) is 4.26. The maximum atomic E-state index is 14.3. The lowest BCUT2D eigenvalue weighted by molar-refractivity contribution is -0.276. The molecule has 0 saturated carbocycles. The fourth-order valence-electron chi connectivity index (χ4n) is 4.26. The lowest BCUT2D eigenvalue weighted by Crippen LogP contribution is -2.42. The normalized spacial score (nSPS) is 17.6. The van der Waals surface area contributed by atoms with Crippen molar-refractivity contribution in [1.82, 2.24) is 10.6 Å². The molecule has 0 spiro atoms. The van der Waals surface area contributed by atoms with E-state index in [1.165, 1.54) is 36.4 Å². The summed E-state index contributed by atoms with van der Waals surface area (Å²) < 4.78 is 120. The third-order valence-corrected chi connectivity index (χ3v) is 6.22. The largest absolute Gasteiger partial charge is 0.435 e. The Morgan fingerprint density at radius 2 is 1.54 bits per heavy atom. The zero-order valence-electron chi connectivity index (χ0n) is 20.5. The highest BCUT2D eigenvalue weighted by molar-refractivity contribution is 6.16. The highest BCUT2D eigenvalue weighted by Gasteiger charge is 2.62. The quantitative estimate of drug-likeness (QED) is 0.353. The number of halogens is 9. The van der Waals surface area contributed by atoms with Crippen LogP contribution in [0.15, 0.2) is 65.8 Å². The summed E-state index contributed by atoms with van der Waals surface area (Å²) in [5, 5.41) is 7.78. The van der Waals surface area contributed by atoms with Crippen LogP contribution >= 0.6 is 0 Å². The van der Waals surface area contributed by atoms with Gasteiger partial charge in [0.1, 0.15) is 6.54 Å². The van der Waals surface area contributed by atoms with Crippen LogP contribution in [-0.4, -0.2) is 43.0 Å². The van der Waals surface area contributed by atoms with Crippen molar-refractivity contribution < 1.29 is 53.9 Å². The Hall–Kier alpha value is -4.30. The minimum atomic E-state index is -5.18. The van der Waals surface area contributed by atoms with Gasteiger partial charge in [0.05, 0.1) is 17.8 Å². The minimum Gasteiger partial charge on any atom is -0.374 e. The van der Waals surface area contributed by atoms with Crippen LogP contribution in [-0.2, 0) is 21.4 Å². The first-order valence-corrected chi connectivity index (χ1v) is 11.7. The number of hydrogen-bond donors (Lipinski definition) is 2. The molecular formula is C26H18F9N3O3. The smallest absolute Gasteiger partial charge is 0.374 e. The second-order valence-electron chi connectivity index (χ2n) is 8.99. The van der Waals surface area contributed by atoms with Crippen LogP contribution in [0.3, 0.4) is 0 Å². The molecule has 2 amide bonds. The van der Waals surface area contributed by atoms with E-state index >= 15 is 0 Å². The third-order valence-electron chi connectivity index (χ3n) is 6.22. The van der Waals surface area contributed by atoms with E-state index in [4.69, 9.17) is 4.84 Å². The first kappa shape index (κ1) is 29.7. The third kappa shape index (κ3) is 6.23. The number of carbonyl (C=O) groups excluding carboxylic acids is 2. The molecule has 3 aromatic carbocycles. The summed E-state index contributed by atoms with van der Waals surface area (Å²) in [7, 11) is 0.